The number of halogens is 2. The van der Waals surface area contributed by atoms with Crippen LogP contribution in [0.5, 0.6) is 0 Å². The van der Waals surface area contributed by atoms with Gasteiger partial charge in [-0.2, -0.15) is 5.26 Å². The van der Waals surface area contributed by atoms with Crippen molar-refractivity contribution in [3.8, 4) is 6.07 Å². The molecule has 4 unspecified atom stereocenters. The molecule has 4 aromatic rings. The van der Waals surface area contributed by atoms with Gasteiger partial charge < -0.3 is 10.6 Å². The van der Waals surface area contributed by atoms with Crippen LogP contribution in [0.2, 0.25) is 10.0 Å². The van der Waals surface area contributed by atoms with Crippen LogP contribution in [-0.2, 0) is 16.8 Å². The Morgan fingerprint density at radius 2 is 1.77 bits per heavy atom. The van der Waals surface area contributed by atoms with Gasteiger partial charge in [0.2, 0.25) is 5.91 Å². The molecule has 0 saturated carbocycles. The van der Waals surface area contributed by atoms with Gasteiger partial charge in [0.25, 0.3) is 0 Å². The number of hydrogen-bond donors (Lipinski definition) is 2. The molecule has 5 nitrogen and oxygen atoms in total. The zero-order valence-electron chi connectivity index (χ0n) is 22.8. The van der Waals surface area contributed by atoms with Crippen molar-refractivity contribution in [1.29, 1.82) is 5.26 Å². The van der Waals surface area contributed by atoms with Crippen LogP contribution >= 0.6 is 23.2 Å². The van der Waals surface area contributed by atoms with E-state index in [9.17, 15) is 10.1 Å². The molecule has 204 valence electrons. The average molecular weight is 572 g/mol. The number of para-hydroxylation sites is 1. The lowest BCUT2D eigenvalue weighted by Gasteiger charge is -2.37. The number of benzene rings is 3. The summed E-state index contributed by atoms with van der Waals surface area (Å²) in [7, 11) is 0. The molecule has 0 bridgehead atoms. The number of nitriles is 1. The molecule has 1 saturated heterocycles. The molecule has 3 aromatic carbocycles. The van der Waals surface area contributed by atoms with E-state index in [2.05, 4.69) is 42.5 Å². The summed E-state index contributed by atoms with van der Waals surface area (Å²) >= 11 is 12.7. The van der Waals surface area contributed by atoms with Crippen molar-refractivity contribution in [3.63, 3.8) is 0 Å². The number of aromatic nitrogens is 1. The zero-order chi connectivity index (χ0) is 28.5. The Hall–Kier alpha value is -3.43. The van der Waals surface area contributed by atoms with Crippen LogP contribution < -0.4 is 10.6 Å². The summed E-state index contributed by atoms with van der Waals surface area (Å²) in [6.45, 7) is 6.76. The maximum absolute atomic E-state index is 14.0. The van der Waals surface area contributed by atoms with Gasteiger partial charge in [-0.05, 0) is 64.9 Å². The fourth-order valence-corrected chi connectivity index (χ4v) is 6.29. The molecule has 7 heteroatoms. The van der Waals surface area contributed by atoms with Gasteiger partial charge in [0.05, 0.1) is 17.6 Å². The van der Waals surface area contributed by atoms with E-state index in [4.69, 9.17) is 23.2 Å². The maximum atomic E-state index is 14.0. The second kappa shape index (κ2) is 11.2. The van der Waals surface area contributed by atoms with Gasteiger partial charge in [-0.1, -0.05) is 86.4 Å². The quantitative estimate of drug-likeness (QED) is 0.257. The van der Waals surface area contributed by atoms with E-state index in [1.165, 1.54) is 0 Å². The Morgan fingerprint density at radius 1 is 1.02 bits per heavy atom. The molecule has 2 N–H and O–H groups in total. The van der Waals surface area contributed by atoms with Crippen LogP contribution in [0.15, 0.2) is 85.1 Å². The Morgan fingerprint density at radius 3 is 2.48 bits per heavy atom. The van der Waals surface area contributed by atoms with Crippen molar-refractivity contribution in [2.24, 2.45) is 5.41 Å². The van der Waals surface area contributed by atoms with Gasteiger partial charge in [-0.25, -0.2) is 0 Å². The molecule has 40 heavy (non-hydrogen) atoms. The van der Waals surface area contributed by atoms with Crippen molar-refractivity contribution in [1.82, 2.24) is 15.6 Å². The van der Waals surface area contributed by atoms with Crippen molar-refractivity contribution in [2.75, 3.05) is 0 Å². The van der Waals surface area contributed by atoms with E-state index in [0.29, 0.717) is 23.0 Å². The summed E-state index contributed by atoms with van der Waals surface area (Å²) in [6, 6.07) is 26.6. The molecule has 0 spiro atoms. The summed E-state index contributed by atoms with van der Waals surface area (Å²) in [5.41, 5.74) is 2.31. The molecule has 1 aromatic heterocycles. The second-order valence-corrected chi connectivity index (χ2v) is 12.6. The van der Waals surface area contributed by atoms with E-state index in [-0.39, 0.29) is 17.4 Å². The lowest BCUT2D eigenvalue weighted by Crippen LogP contribution is -2.45. The van der Waals surface area contributed by atoms with Crippen molar-refractivity contribution < 1.29 is 4.79 Å². The largest absolute Gasteiger partial charge is 0.351 e. The second-order valence-electron chi connectivity index (χ2n) is 11.7. The van der Waals surface area contributed by atoms with E-state index >= 15 is 0 Å². The average Bonchev–Trinajstić information content (AvgIpc) is 3.25. The Kier molecular flexibility index (Phi) is 7.88. The molecule has 4 atom stereocenters. The molecular weight excluding hydrogens is 539 g/mol. The number of rotatable bonds is 6. The number of nitrogens with zero attached hydrogens (tertiary/aromatic N) is 2. The number of pyridine rings is 1. The third kappa shape index (κ3) is 5.58. The predicted molar refractivity (Wildman–Crippen MR) is 161 cm³/mol. The third-order valence-electron chi connectivity index (χ3n) is 7.68. The summed E-state index contributed by atoms with van der Waals surface area (Å²) < 4.78 is 0. The highest BCUT2D eigenvalue weighted by atomic mass is 35.5. The van der Waals surface area contributed by atoms with Gasteiger partial charge in [0.1, 0.15) is 5.41 Å². The zero-order valence-corrected chi connectivity index (χ0v) is 24.3. The monoisotopic (exact) mass is 570 g/mol. The molecule has 1 fully saturated rings. The minimum Gasteiger partial charge on any atom is -0.351 e. The highest BCUT2D eigenvalue weighted by Crippen LogP contribution is 2.51. The van der Waals surface area contributed by atoms with Crippen LogP contribution in [0.1, 0.15) is 49.8 Å². The first-order chi connectivity index (χ1) is 19.1. The summed E-state index contributed by atoms with van der Waals surface area (Å²) in [4.78, 5) is 18.5. The molecule has 0 aliphatic carbocycles. The molecule has 0 radical (unpaired) electrons. The first-order valence-corrected chi connectivity index (χ1v) is 14.2. The van der Waals surface area contributed by atoms with Gasteiger partial charge in [-0.15, -0.1) is 0 Å². The lowest BCUT2D eigenvalue weighted by molar-refractivity contribution is -0.123. The first-order valence-electron chi connectivity index (χ1n) is 13.4. The Labute approximate surface area is 245 Å². The standard InChI is InChI=1S/C33H32Cl2N4O/c1-32(2,3)17-28-33(20-36,24-11-13-25(34)14-12-24)29(23-8-6-9-26(35)16-23)30(39-28)31(40)38-19-21-15-22-7-4-5-10-27(22)37-18-21/h4-16,18,28-30,39H,17,19H2,1-3H3,(H,38,40). The summed E-state index contributed by atoms with van der Waals surface area (Å²) in [5, 5.41) is 19.9. The predicted octanol–water partition coefficient (Wildman–Crippen LogP) is 7.18. The number of nitrogens with one attached hydrogen (secondary N) is 2. The Bertz CT molecular complexity index is 1570. The van der Waals surface area contributed by atoms with Crippen molar-refractivity contribution >= 4 is 40.0 Å². The number of fused-ring (bicyclic) bond motifs is 1. The highest BCUT2D eigenvalue weighted by molar-refractivity contribution is 6.30. The first kappa shape index (κ1) is 28.1. The molecule has 5 rings (SSSR count). The van der Waals surface area contributed by atoms with Crippen LogP contribution in [0.4, 0.5) is 0 Å². The van der Waals surface area contributed by atoms with Crippen LogP contribution in [0.25, 0.3) is 10.9 Å². The van der Waals surface area contributed by atoms with Crippen LogP contribution in [-0.4, -0.2) is 23.0 Å². The van der Waals surface area contributed by atoms with E-state index in [1.807, 2.05) is 60.7 Å². The van der Waals surface area contributed by atoms with Crippen LogP contribution in [0.3, 0.4) is 0 Å². The van der Waals surface area contributed by atoms with Crippen LogP contribution in [0, 0.1) is 16.7 Å². The number of amides is 1. The smallest absolute Gasteiger partial charge is 0.238 e. The third-order valence-corrected chi connectivity index (χ3v) is 8.17. The molecule has 1 amide bonds. The topological polar surface area (TPSA) is 77.8 Å². The van der Waals surface area contributed by atoms with E-state index in [1.54, 1.807) is 24.4 Å². The lowest BCUT2D eigenvalue weighted by atomic mass is 9.63. The van der Waals surface area contributed by atoms with E-state index < -0.39 is 17.4 Å². The molecule has 2 heterocycles. The van der Waals surface area contributed by atoms with Crippen molar-refractivity contribution in [3.05, 3.63) is 112 Å². The maximum Gasteiger partial charge on any atom is 0.238 e. The molecule has 1 aliphatic rings. The van der Waals surface area contributed by atoms with Gasteiger partial charge in [0, 0.05) is 40.1 Å². The number of carbonyl (C=O) groups is 1. The van der Waals surface area contributed by atoms with Gasteiger partial charge in [0.15, 0.2) is 0 Å². The highest BCUT2D eigenvalue weighted by Gasteiger charge is 2.59. The Balaban J connectivity index is 1.56. The fraction of sp³-hybridized carbons (Fsp3) is 0.303. The normalized spacial score (nSPS) is 22.6. The number of carbonyl (C=O) groups excluding carboxylic acids is 1. The number of hydrogen-bond acceptors (Lipinski definition) is 4. The van der Waals surface area contributed by atoms with Gasteiger partial charge in [-0.3, -0.25) is 9.78 Å². The SMILES string of the molecule is CC(C)(C)CC1NC(C(=O)NCc2cnc3ccccc3c2)C(c2cccc(Cl)c2)C1(C#N)c1ccc(Cl)cc1. The van der Waals surface area contributed by atoms with Crippen molar-refractivity contribution in [2.45, 2.75) is 57.2 Å². The minimum absolute atomic E-state index is 0.104. The fourth-order valence-electron chi connectivity index (χ4n) is 5.97. The molecule has 1 aliphatic heterocycles. The molecular formula is C33H32Cl2N4O. The minimum atomic E-state index is -1.05. The summed E-state index contributed by atoms with van der Waals surface area (Å²) in [5.74, 6) is -0.678. The van der Waals surface area contributed by atoms with Gasteiger partial charge >= 0.3 is 0 Å². The van der Waals surface area contributed by atoms with E-state index in [0.717, 1.165) is 27.6 Å². The summed E-state index contributed by atoms with van der Waals surface area (Å²) in [6.07, 6.45) is 2.47.